The minimum Gasteiger partial charge on any atom is -0.456 e. The second-order valence-corrected chi connectivity index (χ2v) is 11.7. The lowest BCUT2D eigenvalue weighted by molar-refractivity contribution is 0.570. The van der Waals surface area contributed by atoms with Gasteiger partial charge >= 0.3 is 5.63 Å². The summed E-state index contributed by atoms with van der Waals surface area (Å²) in [7, 11) is 0. The Bertz CT molecular complexity index is 2590. The third kappa shape index (κ3) is 4.33. The van der Waals surface area contributed by atoms with Crippen LogP contribution in [0.25, 0.3) is 88.2 Å². The van der Waals surface area contributed by atoms with Crippen LogP contribution in [0.2, 0.25) is 0 Å². The molecule has 3 heteroatoms. The Kier molecular flexibility index (Phi) is 5.97. The van der Waals surface area contributed by atoms with Crippen molar-refractivity contribution in [3.05, 3.63) is 168 Å². The first-order chi connectivity index (χ1) is 22.7. The zero-order valence-corrected chi connectivity index (χ0v) is 24.7. The predicted molar refractivity (Wildman–Crippen MR) is 189 cm³/mol. The van der Waals surface area contributed by atoms with Gasteiger partial charge in [-0.15, -0.1) is 0 Å². The van der Waals surface area contributed by atoms with Gasteiger partial charge in [0.25, 0.3) is 0 Å². The maximum Gasteiger partial charge on any atom is 0.344 e. The standard InChI is InChI=1S/C43H26O3/c44-43-36-21-18-29(33-23-31(27-10-3-1-4-11-27)22-32(24-33)28-12-5-2-6-13-28)25-38(36)35-20-19-30(26-41(35)46-43)34-15-9-17-40-42(34)37-14-7-8-16-39(37)45-40/h1-26H. The van der Waals surface area contributed by atoms with Crippen LogP contribution in [-0.2, 0) is 0 Å². The van der Waals surface area contributed by atoms with Gasteiger partial charge in [0.05, 0.1) is 5.39 Å². The summed E-state index contributed by atoms with van der Waals surface area (Å²) >= 11 is 0. The van der Waals surface area contributed by atoms with E-state index < -0.39 is 0 Å². The molecule has 7 aromatic carbocycles. The highest BCUT2D eigenvalue weighted by Gasteiger charge is 2.15. The Morgan fingerprint density at radius 2 is 0.935 bits per heavy atom. The summed E-state index contributed by atoms with van der Waals surface area (Å²) in [6, 6.07) is 53.9. The molecule has 2 aromatic heterocycles. The molecule has 0 aliphatic rings. The van der Waals surface area contributed by atoms with Gasteiger partial charge in [-0.3, -0.25) is 0 Å². The monoisotopic (exact) mass is 590 g/mol. The van der Waals surface area contributed by atoms with Crippen molar-refractivity contribution in [1.29, 1.82) is 0 Å². The Morgan fingerprint density at radius 1 is 0.326 bits per heavy atom. The van der Waals surface area contributed by atoms with Gasteiger partial charge in [-0.2, -0.15) is 0 Å². The van der Waals surface area contributed by atoms with Gasteiger partial charge in [0.1, 0.15) is 16.7 Å². The number of fused-ring (bicyclic) bond motifs is 6. The van der Waals surface area contributed by atoms with Crippen LogP contribution in [-0.4, -0.2) is 0 Å². The lowest BCUT2D eigenvalue weighted by atomic mass is 9.92. The van der Waals surface area contributed by atoms with Gasteiger partial charge in [0.15, 0.2) is 0 Å². The molecule has 0 aliphatic heterocycles. The van der Waals surface area contributed by atoms with Crippen LogP contribution in [0.5, 0.6) is 0 Å². The highest BCUT2D eigenvalue weighted by Crippen LogP contribution is 2.39. The van der Waals surface area contributed by atoms with Crippen molar-refractivity contribution in [2.45, 2.75) is 0 Å². The van der Waals surface area contributed by atoms with E-state index in [2.05, 4.69) is 97.1 Å². The SMILES string of the molecule is O=c1oc2cc(-c3cccc4oc5ccccc5c34)ccc2c2cc(-c3cc(-c4ccccc4)cc(-c4ccccc4)c3)ccc12. The first-order valence-electron chi connectivity index (χ1n) is 15.4. The number of hydrogen-bond acceptors (Lipinski definition) is 3. The summed E-state index contributed by atoms with van der Waals surface area (Å²) < 4.78 is 12.1. The third-order valence-corrected chi connectivity index (χ3v) is 8.91. The summed E-state index contributed by atoms with van der Waals surface area (Å²) in [4.78, 5) is 13.3. The molecule has 0 saturated carbocycles. The van der Waals surface area contributed by atoms with Crippen LogP contribution in [0, 0.1) is 0 Å². The van der Waals surface area contributed by atoms with Gasteiger partial charge in [-0.05, 0) is 99.1 Å². The van der Waals surface area contributed by atoms with Gasteiger partial charge in [0, 0.05) is 21.5 Å². The minimum absolute atomic E-state index is 0.346. The van der Waals surface area contributed by atoms with E-state index in [-0.39, 0.29) is 5.63 Å². The second kappa shape index (κ2) is 10.5. The van der Waals surface area contributed by atoms with Gasteiger partial charge in [0.2, 0.25) is 0 Å². The number of hydrogen-bond donors (Lipinski definition) is 0. The molecule has 0 radical (unpaired) electrons. The molecule has 0 saturated heterocycles. The van der Waals surface area contributed by atoms with E-state index in [9.17, 15) is 4.79 Å². The maximum absolute atomic E-state index is 13.3. The summed E-state index contributed by atoms with van der Waals surface area (Å²) in [6.07, 6.45) is 0. The smallest absolute Gasteiger partial charge is 0.344 e. The Balaban J connectivity index is 1.23. The largest absolute Gasteiger partial charge is 0.456 e. The normalized spacial score (nSPS) is 11.6. The van der Waals surface area contributed by atoms with Gasteiger partial charge < -0.3 is 8.83 Å². The zero-order chi connectivity index (χ0) is 30.6. The van der Waals surface area contributed by atoms with E-state index in [1.165, 1.54) is 0 Å². The number of rotatable bonds is 4. The summed E-state index contributed by atoms with van der Waals surface area (Å²) in [5.41, 5.74) is 10.6. The second-order valence-electron chi connectivity index (χ2n) is 11.7. The molecule has 0 bridgehead atoms. The average molecular weight is 591 g/mol. The fourth-order valence-electron chi connectivity index (χ4n) is 6.68. The van der Waals surface area contributed by atoms with Crippen molar-refractivity contribution in [3.63, 3.8) is 0 Å². The molecule has 0 unspecified atom stereocenters. The van der Waals surface area contributed by atoms with Crippen LogP contribution < -0.4 is 5.63 Å². The summed E-state index contributed by atoms with van der Waals surface area (Å²) in [5, 5.41) is 4.44. The predicted octanol–water partition coefficient (Wildman–Crippen LogP) is 11.5. The first-order valence-corrected chi connectivity index (χ1v) is 15.4. The fourth-order valence-corrected chi connectivity index (χ4v) is 6.68. The lowest BCUT2D eigenvalue weighted by Gasteiger charge is -2.12. The van der Waals surface area contributed by atoms with E-state index in [0.29, 0.717) is 11.0 Å². The number of para-hydroxylation sites is 1. The average Bonchev–Trinajstić information content (AvgIpc) is 3.51. The van der Waals surface area contributed by atoms with Gasteiger partial charge in [-0.1, -0.05) is 103 Å². The minimum atomic E-state index is -0.346. The highest BCUT2D eigenvalue weighted by molar-refractivity contribution is 6.13. The Morgan fingerprint density at radius 3 is 1.67 bits per heavy atom. The summed E-state index contributed by atoms with van der Waals surface area (Å²) in [5.74, 6) is 0. The third-order valence-electron chi connectivity index (χ3n) is 8.91. The van der Waals surface area contributed by atoms with Crippen molar-refractivity contribution >= 4 is 43.7 Å². The van der Waals surface area contributed by atoms with Crippen molar-refractivity contribution in [2.75, 3.05) is 0 Å². The molecule has 0 aliphatic carbocycles. The van der Waals surface area contributed by atoms with Crippen LogP contribution >= 0.6 is 0 Å². The molecular formula is C43H26O3. The number of benzene rings is 7. The van der Waals surface area contributed by atoms with Crippen molar-refractivity contribution < 1.29 is 8.83 Å². The highest BCUT2D eigenvalue weighted by atomic mass is 16.4. The van der Waals surface area contributed by atoms with E-state index in [4.69, 9.17) is 8.83 Å². The van der Waals surface area contributed by atoms with E-state index in [0.717, 1.165) is 77.2 Å². The maximum atomic E-state index is 13.3. The van der Waals surface area contributed by atoms with Crippen LogP contribution in [0.3, 0.4) is 0 Å². The quantitative estimate of drug-likeness (QED) is 0.151. The summed E-state index contributed by atoms with van der Waals surface area (Å²) in [6.45, 7) is 0. The molecule has 216 valence electrons. The molecule has 3 nitrogen and oxygen atoms in total. The van der Waals surface area contributed by atoms with Crippen LogP contribution in [0.4, 0.5) is 0 Å². The zero-order valence-electron chi connectivity index (χ0n) is 24.7. The van der Waals surface area contributed by atoms with Crippen molar-refractivity contribution in [2.24, 2.45) is 0 Å². The van der Waals surface area contributed by atoms with E-state index >= 15 is 0 Å². The molecule has 9 rings (SSSR count). The molecule has 0 N–H and O–H groups in total. The van der Waals surface area contributed by atoms with Crippen LogP contribution in [0.1, 0.15) is 0 Å². The first kappa shape index (κ1) is 26.2. The molecule has 46 heavy (non-hydrogen) atoms. The van der Waals surface area contributed by atoms with Crippen molar-refractivity contribution in [1.82, 2.24) is 0 Å². The Labute approximate surface area is 264 Å². The molecule has 0 spiro atoms. The van der Waals surface area contributed by atoms with Crippen molar-refractivity contribution in [3.8, 4) is 44.5 Å². The van der Waals surface area contributed by atoms with Crippen LogP contribution in [0.15, 0.2) is 171 Å². The van der Waals surface area contributed by atoms with E-state index in [1.54, 1.807) is 0 Å². The fraction of sp³-hybridized carbons (Fsp3) is 0. The topological polar surface area (TPSA) is 43.4 Å². The molecular weight excluding hydrogens is 564 g/mol. The molecule has 2 heterocycles. The van der Waals surface area contributed by atoms with Gasteiger partial charge in [-0.25, -0.2) is 4.79 Å². The molecule has 9 aromatic rings. The molecule has 0 amide bonds. The lowest BCUT2D eigenvalue weighted by Crippen LogP contribution is -2.00. The molecule has 0 fully saturated rings. The number of furan rings is 1. The molecule has 0 atom stereocenters. The Hall–Kier alpha value is -6.19. The van der Waals surface area contributed by atoms with E-state index in [1.807, 2.05) is 60.7 Å².